The average Bonchev–Trinajstić information content (AvgIpc) is 2.63. The van der Waals surface area contributed by atoms with Crippen LogP contribution >= 0.6 is 0 Å². The largest absolute Gasteiger partial charge is 0.872 e. The Labute approximate surface area is 149 Å². The number of hydrogen-bond donors (Lipinski definition) is 2. The van der Waals surface area contributed by atoms with Crippen LogP contribution in [0.1, 0.15) is 12.5 Å². The van der Waals surface area contributed by atoms with Crippen molar-refractivity contribution in [2.45, 2.75) is 13.0 Å². The lowest BCUT2D eigenvalue weighted by atomic mass is 10.2. The van der Waals surface area contributed by atoms with Crippen molar-refractivity contribution >= 4 is 23.5 Å². The Bertz CT molecular complexity index is 838. The molecule has 9 nitrogen and oxygen atoms in total. The van der Waals surface area contributed by atoms with Crippen molar-refractivity contribution in [1.29, 1.82) is 0 Å². The SMILES string of the molecule is COc1ccccc1NC(C)C(=O)NN=Cc1cc([N+](=O)[O-])ccc1[O-]. The van der Waals surface area contributed by atoms with Gasteiger partial charge in [0.2, 0.25) is 0 Å². The van der Waals surface area contributed by atoms with Gasteiger partial charge in [0.25, 0.3) is 11.6 Å². The van der Waals surface area contributed by atoms with E-state index in [0.717, 1.165) is 24.4 Å². The third-order valence-electron chi connectivity index (χ3n) is 3.45. The first-order valence-corrected chi connectivity index (χ1v) is 7.60. The van der Waals surface area contributed by atoms with Crippen LogP contribution in [0, 0.1) is 10.1 Å². The van der Waals surface area contributed by atoms with Crippen molar-refractivity contribution < 1.29 is 19.6 Å². The van der Waals surface area contributed by atoms with Crippen LogP contribution in [-0.4, -0.2) is 30.2 Å². The van der Waals surface area contributed by atoms with Crippen LogP contribution < -0.4 is 20.6 Å². The number of nitrogens with zero attached hydrogens (tertiary/aromatic N) is 2. The Morgan fingerprint density at radius 1 is 1.31 bits per heavy atom. The highest BCUT2D eigenvalue weighted by molar-refractivity contribution is 5.88. The Morgan fingerprint density at radius 2 is 2.04 bits per heavy atom. The molecule has 0 aromatic heterocycles. The molecule has 0 aliphatic carbocycles. The summed E-state index contributed by atoms with van der Waals surface area (Å²) in [5, 5.41) is 29.1. The van der Waals surface area contributed by atoms with E-state index < -0.39 is 22.6 Å². The molecule has 0 aliphatic rings. The number of ether oxygens (including phenoxy) is 1. The minimum absolute atomic E-state index is 0.00448. The van der Waals surface area contributed by atoms with Crippen LogP contribution in [0.3, 0.4) is 0 Å². The van der Waals surface area contributed by atoms with E-state index in [-0.39, 0.29) is 11.3 Å². The number of non-ortho nitro benzene ring substituents is 1. The van der Waals surface area contributed by atoms with Gasteiger partial charge in [-0.15, -0.1) is 0 Å². The zero-order chi connectivity index (χ0) is 19.1. The summed E-state index contributed by atoms with van der Waals surface area (Å²) in [6.07, 6.45) is 1.07. The molecule has 2 aromatic carbocycles. The molecule has 0 bridgehead atoms. The molecule has 0 fully saturated rings. The molecular weight excluding hydrogens is 340 g/mol. The number of anilines is 1. The normalized spacial score (nSPS) is 11.8. The lowest BCUT2D eigenvalue weighted by Crippen LogP contribution is -2.35. The first-order valence-electron chi connectivity index (χ1n) is 7.60. The van der Waals surface area contributed by atoms with Crippen molar-refractivity contribution in [2.75, 3.05) is 12.4 Å². The van der Waals surface area contributed by atoms with Crippen LogP contribution in [-0.2, 0) is 4.79 Å². The van der Waals surface area contributed by atoms with Crippen LogP contribution in [0.4, 0.5) is 11.4 Å². The lowest BCUT2D eigenvalue weighted by Gasteiger charge is -2.16. The fourth-order valence-electron chi connectivity index (χ4n) is 2.08. The molecule has 0 aliphatic heterocycles. The second-order valence-corrected chi connectivity index (χ2v) is 5.28. The van der Waals surface area contributed by atoms with Gasteiger partial charge in [0.05, 0.1) is 23.9 Å². The highest BCUT2D eigenvalue weighted by Gasteiger charge is 2.13. The number of rotatable bonds is 7. The summed E-state index contributed by atoms with van der Waals surface area (Å²) in [6.45, 7) is 1.63. The van der Waals surface area contributed by atoms with E-state index >= 15 is 0 Å². The molecule has 9 heteroatoms. The van der Waals surface area contributed by atoms with Gasteiger partial charge in [0.15, 0.2) is 0 Å². The number of hydrazone groups is 1. The number of nitro groups is 1. The smallest absolute Gasteiger partial charge is 0.270 e. The number of methoxy groups -OCH3 is 1. The second kappa shape index (κ2) is 8.47. The number of carbonyl (C=O) groups is 1. The number of para-hydroxylation sites is 2. The summed E-state index contributed by atoms with van der Waals surface area (Å²) < 4.78 is 5.20. The summed E-state index contributed by atoms with van der Waals surface area (Å²) in [5.74, 6) is -0.304. The standard InChI is InChI=1S/C17H18N4O5/c1-11(19-14-5-3-4-6-16(14)26-2)17(23)20-18-10-12-9-13(21(24)25)7-8-15(12)22/h3-11,19,22H,1-2H3,(H,20,23)/p-1. The summed E-state index contributed by atoms with van der Waals surface area (Å²) in [6, 6.07) is 9.76. The lowest BCUT2D eigenvalue weighted by molar-refractivity contribution is -0.385. The van der Waals surface area contributed by atoms with Crippen molar-refractivity contribution in [1.82, 2.24) is 5.43 Å². The summed E-state index contributed by atoms with van der Waals surface area (Å²) >= 11 is 0. The van der Waals surface area contributed by atoms with Gasteiger partial charge in [0.1, 0.15) is 11.8 Å². The Balaban J connectivity index is 2.00. The zero-order valence-electron chi connectivity index (χ0n) is 14.1. The average molecular weight is 357 g/mol. The highest BCUT2D eigenvalue weighted by atomic mass is 16.6. The molecular formula is C17H17N4O5-. The number of hydrogen-bond acceptors (Lipinski definition) is 7. The van der Waals surface area contributed by atoms with E-state index in [2.05, 4.69) is 15.8 Å². The summed E-state index contributed by atoms with van der Waals surface area (Å²) in [7, 11) is 1.52. The van der Waals surface area contributed by atoms with Crippen molar-refractivity contribution in [3.63, 3.8) is 0 Å². The number of carbonyl (C=O) groups excluding carboxylic acids is 1. The maximum atomic E-state index is 12.1. The topological polar surface area (TPSA) is 129 Å². The maximum absolute atomic E-state index is 12.1. The molecule has 0 radical (unpaired) electrons. The van der Waals surface area contributed by atoms with E-state index in [0.29, 0.717) is 11.4 Å². The van der Waals surface area contributed by atoms with E-state index in [1.54, 1.807) is 31.2 Å². The molecule has 2 aromatic rings. The van der Waals surface area contributed by atoms with Gasteiger partial charge in [0, 0.05) is 12.1 Å². The van der Waals surface area contributed by atoms with Crippen molar-refractivity contribution in [3.05, 3.63) is 58.1 Å². The molecule has 0 saturated heterocycles. The predicted octanol–water partition coefficient (Wildman–Crippen LogP) is 1.63. The second-order valence-electron chi connectivity index (χ2n) is 5.28. The van der Waals surface area contributed by atoms with Gasteiger partial charge < -0.3 is 15.2 Å². The van der Waals surface area contributed by atoms with Crippen LogP contribution in [0.25, 0.3) is 0 Å². The fourth-order valence-corrected chi connectivity index (χ4v) is 2.08. The monoisotopic (exact) mass is 357 g/mol. The van der Waals surface area contributed by atoms with Gasteiger partial charge in [-0.1, -0.05) is 23.9 Å². The third-order valence-corrected chi connectivity index (χ3v) is 3.45. The van der Waals surface area contributed by atoms with E-state index in [9.17, 15) is 20.0 Å². The van der Waals surface area contributed by atoms with Crippen molar-refractivity contribution in [2.24, 2.45) is 5.10 Å². The molecule has 2 N–H and O–H groups in total. The quantitative estimate of drug-likeness (QED) is 0.440. The predicted molar refractivity (Wildman–Crippen MR) is 94.4 cm³/mol. The third kappa shape index (κ3) is 4.69. The molecule has 26 heavy (non-hydrogen) atoms. The van der Waals surface area contributed by atoms with Gasteiger partial charge in [-0.2, -0.15) is 5.10 Å². The molecule has 1 atom stereocenters. The Kier molecular flexibility index (Phi) is 6.10. The number of nitro benzene ring substituents is 1. The van der Waals surface area contributed by atoms with E-state index in [1.807, 2.05) is 0 Å². The number of amides is 1. The summed E-state index contributed by atoms with van der Waals surface area (Å²) in [4.78, 5) is 22.2. The number of benzene rings is 2. The van der Waals surface area contributed by atoms with Gasteiger partial charge in [-0.3, -0.25) is 14.9 Å². The molecule has 0 spiro atoms. The minimum atomic E-state index is -0.639. The minimum Gasteiger partial charge on any atom is -0.872 e. The zero-order valence-corrected chi connectivity index (χ0v) is 14.1. The van der Waals surface area contributed by atoms with E-state index in [4.69, 9.17) is 4.74 Å². The molecule has 136 valence electrons. The molecule has 1 amide bonds. The first-order chi connectivity index (χ1) is 12.4. The van der Waals surface area contributed by atoms with Gasteiger partial charge in [-0.25, -0.2) is 5.43 Å². The molecule has 0 heterocycles. The first kappa shape index (κ1) is 18.7. The van der Waals surface area contributed by atoms with E-state index in [1.165, 1.54) is 7.11 Å². The number of nitrogens with one attached hydrogen (secondary N) is 2. The summed E-state index contributed by atoms with van der Waals surface area (Å²) in [5.41, 5.74) is 2.70. The van der Waals surface area contributed by atoms with Gasteiger partial charge in [-0.05, 0) is 24.6 Å². The van der Waals surface area contributed by atoms with Crippen LogP contribution in [0.5, 0.6) is 11.5 Å². The van der Waals surface area contributed by atoms with Crippen LogP contribution in [0.2, 0.25) is 0 Å². The molecule has 1 unspecified atom stereocenters. The molecule has 0 saturated carbocycles. The Hall–Kier alpha value is -3.62. The van der Waals surface area contributed by atoms with Crippen molar-refractivity contribution in [3.8, 4) is 11.5 Å². The fraction of sp³-hybridized carbons (Fsp3) is 0.176. The highest BCUT2D eigenvalue weighted by Crippen LogP contribution is 2.23. The molecule has 2 rings (SSSR count). The Morgan fingerprint density at radius 3 is 2.73 bits per heavy atom. The van der Waals surface area contributed by atoms with Gasteiger partial charge >= 0.3 is 0 Å². The van der Waals surface area contributed by atoms with Crippen LogP contribution in [0.15, 0.2) is 47.6 Å². The maximum Gasteiger partial charge on any atom is 0.270 e.